The Morgan fingerprint density at radius 1 is 0.920 bits per heavy atom. The summed E-state index contributed by atoms with van der Waals surface area (Å²) in [7, 11) is 0. The van der Waals surface area contributed by atoms with E-state index in [1.54, 1.807) is 0 Å². The molecular weight excluding hydrogens is 308 g/mol. The molecular formula is C23H36O2. The summed E-state index contributed by atoms with van der Waals surface area (Å²) in [5, 5.41) is 20.9. The lowest BCUT2D eigenvalue weighted by atomic mass is 9.84. The van der Waals surface area contributed by atoms with Gasteiger partial charge in [0.1, 0.15) is 11.5 Å². The van der Waals surface area contributed by atoms with Gasteiger partial charge in [0.15, 0.2) is 0 Å². The fourth-order valence-corrected chi connectivity index (χ4v) is 4.01. The van der Waals surface area contributed by atoms with Crippen molar-refractivity contribution in [3.63, 3.8) is 0 Å². The average molecular weight is 345 g/mol. The fraction of sp³-hybridized carbons (Fsp3) is 0.652. The van der Waals surface area contributed by atoms with Crippen molar-refractivity contribution in [2.75, 3.05) is 0 Å². The molecule has 2 nitrogen and oxygen atoms in total. The van der Waals surface area contributed by atoms with Crippen LogP contribution in [0.4, 0.5) is 0 Å². The molecule has 1 atom stereocenters. The van der Waals surface area contributed by atoms with Crippen LogP contribution in [0.3, 0.4) is 0 Å². The lowest BCUT2D eigenvalue weighted by Crippen LogP contribution is -2.03. The largest absolute Gasteiger partial charge is 0.507 e. The van der Waals surface area contributed by atoms with Crippen LogP contribution in [0, 0.1) is 0 Å². The molecule has 0 fully saturated rings. The molecule has 0 heterocycles. The Morgan fingerprint density at radius 3 is 2.12 bits per heavy atom. The smallest absolute Gasteiger partial charge is 0.123 e. The Labute approximate surface area is 154 Å². The van der Waals surface area contributed by atoms with E-state index in [9.17, 15) is 10.2 Å². The molecule has 1 aromatic carbocycles. The molecule has 0 saturated heterocycles. The molecule has 0 aromatic heterocycles. The van der Waals surface area contributed by atoms with Gasteiger partial charge in [0.05, 0.1) is 0 Å². The van der Waals surface area contributed by atoms with Gasteiger partial charge in [-0.1, -0.05) is 63.5 Å². The molecule has 0 amide bonds. The standard InChI is InChI=1S/C23H36O2/c1-3-4-5-6-7-8-9-10-13-19-16-21(24)23(22(25)17-19)20-14-11-12-18(2)15-20/h15-17,20,24-25H,3-14H2,1-2H3. The summed E-state index contributed by atoms with van der Waals surface area (Å²) >= 11 is 0. The van der Waals surface area contributed by atoms with Gasteiger partial charge in [-0.05, 0) is 56.7 Å². The lowest BCUT2D eigenvalue weighted by molar-refractivity contribution is 0.427. The average Bonchev–Trinajstić information content (AvgIpc) is 2.57. The van der Waals surface area contributed by atoms with Crippen LogP contribution < -0.4 is 0 Å². The Balaban J connectivity index is 1.82. The van der Waals surface area contributed by atoms with E-state index in [4.69, 9.17) is 0 Å². The van der Waals surface area contributed by atoms with Crippen molar-refractivity contribution in [1.82, 2.24) is 0 Å². The van der Waals surface area contributed by atoms with Crippen LogP contribution in [0.25, 0.3) is 0 Å². The summed E-state index contributed by atoms with van der Waals surface area (Å²) in [5.41, 5.74) is 3.14. The number of aromatic hydroxyl groups is 2. The predicted molar refractivity (Wildman–Crippen MR) is 106 cm³/mol. The first-order valence-electron chi connectivity index (χ1n) is 10.3. The number of allylic oxidation sites excluding steroid dienone is 2. The van der Waals surface area contributed by atoms with Crippen LogP contribution in [0.1, 0.15) is 102 Å². The van der Waals surface area contributed by atoms with Gasteiger partial charge in [0.25, 0.3) is 0 Å². The summed E-state index contributed by atoms with van der Waals surface area (Å²) in [6.45, 7) is 4.39. The first-order chi connectivity index (χ1) is 12.1. The molecule has 2 heteroatoms. The number of hydrogen-bond donors (Lipinski definition) is 2. The first-order valence-corrected chi connectivity index (χ1v) is 10.3. The second kappa shape index (κ2) is 10.5. The van der Waals surface area contributed by atoms with Gasteiger partial charge < -0.3 is 10.2 Å². The maximum atomic E-state index is 10.4. The summed E-state index contributed by atoms with van der Waals surface area (Å²) in [4.78, 5) is 0. The zero-order valence-corrected chi connectivity index (χ0v) is 16.2. The molecule has 1 unspecified atom stereocenters. The predicted octanol–water partition coefficient (Wildman–Crippen LogP) is 6.99. The normalized spacial score (nSPS) is 17.5. The van der Waals surface area contributed by atoms with Crippen molar-refractivity contribution in [1.29, 1.82) is 0 Å². The van der Waals surface area contributed by atoms with E-state index in [1.165, 1.54) is 50.5 Å². The van der Waals surface area contributed by atoms with Gasteiger partial charge in [0, 0.05) is 11.5 Å². The second-order valence-electron chi connectivity index (χ2n) is 7.78. The maximum Gasteiger partial charge on any atom is 0.123 e. The Bertz CT molecular complexity index is 536. The van der Waals surface area contributed by atoms with Crippen molar-refractivity contribution in [2.45, 2.75) is 96.8 Å². The Morgan fingerprint density at radius 2 is 1.52 bits per heavy atom. The van der Waals surface area contributed by atoms with Gasteiger partial charge in [-0.2, -0.15) is 0 Å². The van der Waals surface area contributed by atoms with E-state index in [1.807, 2.05) is 12.1 Å². The van der Waals surface area contributed by atoms with E-state index >= 15 is 0 Å². The molecule has 140 valence electrons. The van der Waals surface area contributed by atoms with E-state index < -0.39 is 0 Å². The van der Waals surface area contributed by atoms with Crippen molar-refractivity contribution in [3.05, 3.63) is 34.9 Å². The molecule has 1 aliphatic rings. The SMILES string of the molecule is CCCCCCCCCCc1cc(O)c(C2C=C(C)CCC2)c(O)c1. The minimum Gasteiger partial charge on any atom is -0.507 e. The summed E-state index contributed by atoms with van der Waals surface area (Å²) in [5.74, 6) is 0.696. The molecule has 1 aromatic rings. The van der Waals surface area contributed by atoms with Crippen molar-refractivity contribution >= 4 is 0 Å². The highest BCUT2D eigenvalue weighted by atomic mass is 16.3. The molecule has 1 aliphatic carbocycles. The molecule has 2 N–H and O–H groups in total. The van der Waals surface area contributed by atoms with Gasteiger partial charge in [-0.25, -0.2) is 0 Å². The Hall–Kier alpha value is -1.44. The number of unbranched alkanes of at least 4 members (excludes halogenated alkanes) is 7. The molecule has 0 saturated carbocycles. The van der Waals surface area contributed by atoms with Crippen molar-refractivity contribution < 1.29 is 10.2 Å². The van der Waals surface area contributed by atoms with Gasteiger partial charge in [-0.3, -0.25) is 0 Å². The summed E-state index contributed by atoms with van der Waals surface area (Å²) < 4.78 is 0. The second-order valence-corrected chi connectivity index (χ2v) is 7.78. The topological polar surface area (TPSA) is 40.5 Å². The molecule has 0 bridgehead atoms. The summed E-state index contributed by atoms with van der Waals surface area (Å²) in [6, 6.07) is 3.74. The van der Waals surface area contributed by atoms with Crippen molar-refractivity contribution in [2.24, 2.45) is 0 Å². The highest BCUT2D eigenvalue weighted by Gasteiger charge is 2.21. The Kier molecular flexibility index (Phi) is 8.37. The summed E-state index contributed by atoms with van der Waals surface area (Å²) in [6.07, 6.45) is 16.8. The van der Waals surface area contributed by atoms with E-state index in [2.05, 4.69) is 19.9 Å². The highest BCUT2D eigenvalue weighted by Crippen LogP contribution is 2.41. The van der Waals surface area contributed by atoms with E-state index in [0.29, 0.717) is 0 Å². The van der Waals surface area contributed by atoms with Crippen LogP contribution in [0.15, 0.2) is 23.8 Å². The molecule has 25 heavy (non-hydrogen) atoms. The number of benzene rings is 1. The maximum absolute atomic E-state index is 10.4. The molecule has 2 rings (SSSR count). The zero-order chi connectivity index (χ0) is 18.1. The number of hydrogen-bond acceptors (Lipinski definition) is 2. The zero-order valence-electron chi connectivity index (χ0n) is 16.2. The third-order valence-electron chi connectivity index (χ3n) is 5.46. The number of phenols is 2. The van der Waals surface area contributed by atoms with Gasteiger partial charge in [-0.15, -0.1) is 0 Å². The van der Waals surface area contributed by atoms with Crippen LogP contribution in [0.5, 0.6) is 11.5 Å². The lowest BCUT2D eigenvalue weighted by Gasteiger charge is -2.22. The van der Waals surface area contributed by atoms with Crippen molar-refractivity contribution in [3.8, 4) is 11.5 Å². The third kappa shape index (κ3) is 6.41. The highest BCUT2D eigenvalue weighted by molar-refractivity contribution is 5.50. The molecule has 0 aliphatic heterocycles. The number of phenolic OH excluding ortho intramolecular Hbond substituents is 2. The number of rotatable bonds is 10. The van der Waals surface area contributed by atoms with E-state index in [0.717, 1.165) is 43.2 Å². The minimum atomic E-state index is 0.158. The monoisotopic (exact) mass is 344 g/mol. The molecule has 0 radical (unpaired) electrons. The van der Waals surface area contributed by atoms with Crippen LogP contribution >= 0.6 is 0 Å². The van der Waals surface area contributed by atoms with Crippen LogP contribution in [-0.4, -0.2) is 10.2 Å². The quantitative estimate of drug-likeness (QED) is 0.354. The van der Waals surface area contributed by atoms with E-state index in [-0.39, 0.29) is 17.4 Å². The van der Waals surface area contributed by atoms with Crippen LogP contribution in [0.2, 0.25) is 0 Å². The van der Waals surface area contributed by atoms with Gasteiger partial charge in [0.2, 0.25) is 0 Å². The van der Waals surface area contributed by atoms with Gasteiger partial charge >= 0.3 is 0 Å². The first kappa shape index (κ1) is 19.9. The molecule has 0 spiro atoms. The fourth-order valence-electron chi connectivity index (χ4n) is 4.01. The third-order valence-corrected chi connectivity index (χ3v) is 5.46. The minimum absolute atomic E-state index is 0.158. The number of aryl methyl sites for hydroxylation is 1. The van der Waals surface area contributed by atoms with Crippen LogP contribution in [-0.2, 0) is 6.42 Å².